The van der Waals surface area contributed by atoms with Crippen LogP contribution in [0.4, 0.5) is 10.5 Å². The molecule has 0 radical (unpaired) electrons. The summed E-state index contributed by atoms with van der Waals surface area (Å²) in [4.78, 5) is 27.3. The molecule has 4 rings (SSSR count). The van der Waals surface area contributed by atoms with Crippen molar-refractivity contribution in [1.29, 1.82) is 0 Å². The van der Waals surface area contributed by atoms with Crippen LogP contribution in [0.3, 0.4) is 0 Å². The average molecular weight is 423 g/mol. The molecule has 0 saturated carbocycles. The minimum atomic E-state index is -0.648. The highest BCUT2D eigenvalue weighted by atomic mass is 35.5. The van der Waals surface area contributed by atoms with E-state index in [0.29, 0.717) is 10.7 Å². The summed E-state index contributed by atoms with van der Waals surface area (Å²) in [7, 11) is 0. The zero-order valence-electron chi connectivity index (χ0n) is 17.1. The number of halogens is 1. The molecule has 1 aliphatic heterocycles. The molecule has 154 valence electrons. The van der Waals surface area contributed by atoms with Crippen molar-refractivity contribution in [1.82, 2.24) is 4.90 Å². The molecule has 0 unspecified atom stereocenters. The SMILES string of the molecule is CC(C)(C)OC(=O)N1[C@@H](C(=O)Nc2ccc(Cl)cc2)[C@@H]1c1ccc2ccccc2c1. The Bertz CT molecular complexity index is 1110. The van der Waals surface area contributed by atoms with Crippen molar-refractivity contribution in [3.8, 4) is 0 Å². The van der Waals surface area contributed by atoms with Gasteiger partial charge in [0.25, 0.3) is 0 Å². The van der Waals surface area contributed by atoms with Gasteiger partial charge in [0, 0.05) is 10.7 Å². The smallest absolute Gasteiger partial charge is 0.411 e. The highest BCUT2D eigenvalue weighted by Crippen LogP contribution is 2.45. The van der Waals surface area contributed by atoms with Gasteiger partial charge in [0.15, 0.2) is 0 Å². The fraction of sp³-hybridized carbons (Fsp3) is 0.250. The second-order valence-corrected chi connectivity index (χ2v) is 8.82. The van der Waals surface area contributed by atoms with Crippen molar-refractivity contribution in [2.45, 2.75) is 38.5 Å². The topological polar surface area (TPSA) is 58.4 Å². The maximum atomic E-state index is 13.0. The molecule has 0 aliphatic carbocycles. The van der Waals surface area contributed by atoms with Crippen molar-refractivity contribution >= 4 is 40.1 Å². The lowest BCUT2D eigenvalue weighted by Crippen LogP contribution is -2.30. The van der Waals surface area contributed by atoms with Gasteiger partial charge in [0.2, 0.25) is 5.91 Å². The van der Waals surface area contributed by atoms with Crippen LogP contribution in [0.5, 0.6) is 0 Å². The molecule has 1 saturated heterocycles. The summed E-state index contributed by atoms with van der Waals surface area (Å²) in [6, 6.07) is 19.8. The van der Waals surface area contributed by atoms with Gasteiger partial charge in [0.1, 0.15) is 11.6 Å². The van der Waals surface area contributed by atoms with Gasteiger partial charge in [-0.15, -0.1) is 0 Å². The third-order valence-electron chi connectivity index (χ3n) is 4.91. The Morgan fingerprint density at radius 1 is 0.967 bits per heavy atom. The fourth-order valence-corrected chi connectivity index (χ4v) is 3.65. The summed E-state index contributed by atoms with van der Waals surface area (Å²) in [6.45, 7) is 5.42. The lowest BCUT2D eigenvalue weighted by atomic mass is 10.0. The van der Waals surface area contributed by atoms with Crippen molar-refractivity contribution in [2.24, 2.45) is 0 Å². The maximum Gasteiger partial charge on any atom is 0.411 e. The number of nitrogens with one attached hydrogen (secondary N) is 1. The van der Waals surface area contributed by atoms with Gasteiger partial charge in [0.05, 0.1) is 6.04 Å². The van der Waals surface area contributed by atoms with Gasteiger partial charge in [-0.2, -0.15) is 0 Å². The van der Waals surface area contributed by atoms with Crippen molar-refractivity contribution in [3.05, 3.63) is 77.3 Å². The summed E-state index contributed by atoms with van der Waals surface area (Å²) >= 11 is 5.92. The van der Waals surface area contributed by atoms with Crippen LogP contribution in [0.25, 0.3) is 10.8 Å². The number of carbonyl (C=O) groups is 2. The number of nitrogens with zero attached hydrogens (tertiary/aromatic N) is 1. The molecule has 0 bridgehead atoms. The van der Waals surface area contributed by atoms with Gasteiger partial charge in [-0.25, -0.2) is 4.79 Å². The molecule has 2 amide bonds. The van der Waals surface area contributed by atoms with E-state index in [1.807, 2.05) is 63.2 Å². The average Bonchev–Trinajstić information content (AvgIpc) is 3.44. The summed E-state index contributed by atoms with van der Waals surface area (Å²) in [5.74, 6) is -0.263. The quantitative estimate of drug-likeness (QED) is 0.543. The van der Waals surface area contributed by atoms with E-state index < -0.39 is 17.7 Å². The minimum absolute atomic E-state index is 0.263. The van der Waals surface area contributed by atoms with E-state index >= 15 is 0 Å². The van der Waals surface area contributed by atoms with E-state index in [-0.39, 0.29) is 11.9 Å². The van der Waals surface area contributed by atoms with E-state index in [2.05, 4.69) is 5.32 Å². The van der Waals surface area contributed by atoms with Crippen LogP contribution in [-0.4, -0.2) is 28.5 Å². The molecule has 0 spiro atoms. The normalized spacial score (nSPS) is 18.2. The van der Waals surface area contributed by atoms with Crippen LogP contribution in [0.1, 0.15) is 32.4 Å². The van der Waals surface area contributed by atoms with Gasteiger partial charge in [-0.1, -0.05) is 48.0 Å². The van der Waals surface area contributed by atoms with Crippen molar-refractivity contribution in [2.75, 3.05) is 5.32 Å². The molecule has 1 aliphatic rings. The molecule has 6 heteroatoms. The Morgan fingerprint density at radius 2 is 1.63 bits per heavy atom. The van der Waals surface area contributed by atoms with Crippen molar-refractivity contribution in [3.63, 3.8) is 0 Å². The molecule has 3 aromatic rings. The second kappa shape index (κ2) is 7.65. The largest absolute Gasteiger partial charge is 0.444 e. The molecule has 1 fully saturated rings. The molecule has 0 aromatic heterocycles. The Morgan fingerprint density at radius 3 is 2.30 bits per heavy atom. The number of hydrogen-bond acceptors (Lipinski definition) is 3. The van der Waals surface area contributed by atoms with Crippen LogP contribution >= 0.6 is 11.6 Å². The monoisotopic (exact) mass is 422 g/mol. The Balaban J connectivity index is 1.61. The summed E-state index contributed by atoms with van der Waals surface area (Å²) in [5.41, 5.74) is 0.874. The van der Waals surface area contributed by atoms with E-state index in [9.17, 15) is 9.59 Å². The first-order valence-corrected chi connectivity index (χ1v) is 10.2. The molecule has 30 heavy (non-hydrogen) atoms. The number of carbonyl (C=O) groups excluding carboxylic acids is 2. The number of benzene rings is 3. The highest BCUT2D eigenvalue weighted by molar-refractivity contribution is 6.30. The molecule has 1 N–H and O–H groups in total. The number of ether oxygens (including phenoxy) is 1. The molecule has 1 heterocycles. The first-order chi connectivity index (χ1) is 14.2. The van der Waals surface area contributed by atoms with E-state index in [1.165, 1.54) is 4.90 Å². The second-order valence-electron chi connectivity index (χ2n) is 8.38. The van der Waals surface area contributed by atoms with Crippen LogP contribution in [0.2, 0.25) is 5.02 Å². The highest BCUT2D eigenvalue weighted by Gasteiger charge is 2.57. The third-order valence-corrected chi connectivity index (χ3v) is 5.16. The van der Waals surface area contributed by atoms with Crippen LogP contribution in [0.15, 0.2) is 66.7 Å². The van der Waals surface area contributed by atoms with E-state index in [1.54, 1.807) is 24.3 Å². The van der Waals surface area contributed by atoms with Gasteiger partial charge < -0.3 is 10.1 Å². The fourth-order valence-electron chi connectivity index (χ4n) is 3.53. The van der Waals surface area contributed by atoms with Crippen molar-refractivity contribution < 1.29 is 14.3 Å². The van der Waals surface area contributed by atoms with E-state index in [4.69, 9.17) is 16.3 Å². The molecule has 5 nitrogen and oxygen atoms in total. The molecular weight excluding hydrogens is 400 g/mol. The van der Waals surface area contributed by atoms with Crippen LogP contribution in [-0.2, 0) is 9.53 Å². The van der Waals surface area contributed by atoms with Gasteiger partial charge in [-0.05, 0) is 67.4 Å². The molecular formula is C24H23ClN2O3. The number of rotatable bonds is 3. The zero-order valence-corrected chi connectivity index (χ0v) is 17.8. The Hall–Kier alpha value is -3.05. The number of hydrogen-bond donors (Lipinski definition) is 1. The lowest BCUT2D eigenvalue weighted by Gasteiger charge is -2.20. The standard InChI is InChI=1S/C24H23ClN2O3/c1-24(2,3)30-23(29)27-20(17-9-8-15-6-4-5-7-16(15)14-17)21(27)22(28)26-19-12-10-18(25)11-13-19/h4-14,20-21H,1-3H3,(H,26,28)/t20-,21+,27?/m0/s1. The van der Waals surface area contributed by atoms with Gasteiger partial charge >= 0.3 is 6.09 Å². The summed E-state index contributed by atoms with van der Waals surface area (Å²) in [6.07, 6.45) is -0.503. The first-order valence-electron chi connectivity index (χ1n) is 9.79. The number of anilines is 1. The number of fused-ring (bicyclic) bond motifs is 1. The predicted octanol–water partition coefficient (Wildman–Crippen LogP) is 5.79. The zero-order chi connectivity index (χ0) is 21.5. The Kier molecular flexibility index (Phi) is 5.16. The lowest BCUT2D eigenvalue weighted by molar-refractivity contribution is -0.116. The summed E-state index contributed by atoms with van der Waals surface area (Å²) < 4.78 is 5.54. The minimum Gasteiger partial charge on any atom is -0.444 e. The first kappa shape index (κ1) is 20.2. The summed E-state index contributed by atoms with van der Waals surface area (Å²) in [5, 5.41) is 5.62. The molecule has 2 atom stereocenters. The number of amides is 2. The van der Waals surface area contributed by atoms with E-state index in [0.717, 1.165) is 16.3 Å². The van der Waals surface area contributed by atoms with Crippen LogP contribution in [0, 0.1) is 0 Å². The third kappa shape index (κ3) is 4.26. The molecule has 3 aromatic carbocycles. The van der Waals surface area contributed by atoms with Crippen LogP contribution < -0.4 is 5.32 Å². The van der Waals surface area contributed by atoms with Gasteiger partial charge in [-0.3, -0.25) is 9.69 Å². The Labute approximate surface area is 180 Å². The predicted molar refractivity (Wildman–Crippen MR) is 119 cm³/mol. The maximum absolute atomic E-state index is 13.0.